The Labute approximate surface area is 82.3 Å². The number of hydrogen-bond acceptors (Lipinski definition) is 2. The molecule has 78 valence electrons. The number of ether oxygens (including phenoxy) is 1. The molecule has 1 fully saturated rings. The van der Waals surface area contributed by atoms with Gasteiger partial charge in [0.1, 0.15) is 0 Å². The Morgan fingerprint density at radius 1 is 1.23 bits per heavy atom. The van der Waals surface area contributed by atoms with Gasteiger partial charge in [0.05, 0.1) is 6.10 Å². The van der Waals surface area contributed by atoms with Gasteiger partial charge in [-0.15, -0.1) is 0 Å². The lowest BCUT2D eigenvalue weighted by Gasteiger charge is -2.26. The Bertz CT molecular complexity index is 147. The lowest BCUT2D eigenvalue weighted by Crippen LogP contribution is -2.32. The predicted octanol–water partition coefficient (Wildman–Crippen LogP) is 2.14. The Morgan fingerprint density at radius 2 is 1.92 bits per heavy atom. The van der Waals surface area contributed by atoms with Gasteiger partial charge in [0.25, 0.3) is 0 Å². The minimum atomic E-state index is 0.468. The number of methoxy groups -OCH3 is 1. The number of hydrogen-bond donors (Lipinski definition) is 0. The Hall–Kier alpha value is -0.0800. The van der Waals surface area contributed by atoms with Gasteiger partial charge < -0.3 is 9.64 Å². The molecule has 0 amide bonds. The zero-order chi connectivity index (χ0) is 9.84. The van der Waals surface area contributed by atoms with Gasteiger partial charge in [-0.2, -0.15) is 0 Å². The zero-order valence-electron chi connectivity index (χ0n) is 9.42. The lowest BCUT2D eigenvalue weighted by atomic mass is 9.99. The molecule has 3 atom stereocenters. The summed E-state index contributed by atoms with van der Waals surface area (Å²) in [5.74, 6) is 0.731. The molecule has 0 N–H and O–H groups in total. The molecule has 2 nitrogen and oxygen atoms in total. The molecule has 0 aliphatic heterocycles. The molecule has 1 saturated carbocycles. The molecule has 0 aromatic rings. The Kier molecular flexibility index (Phi) is 4.20. The SMILES string of the molecule is CO[C@@H]1CC(N(C)C)CCCC1C. The number of rotatable bonds is 2. The van der Waals surface area contributed by atoms with Crippen LogP contribution in [0.2, 0.25) is 0 Å². The molecule has 2 unspecified atom stereocenters. The topological polar surface area (TPSA) is 12.5 Å². The summed E-state index contributed by atoms with van der Waals surface area (Å²) in [7, 11) is 6.19. The fraction of sp³-hybridized carbons (Fsp3) is 1.00. The molecule has 0 aromatic carbocycles. The van der Waals surface area contributed by atoms with Gasteiger partial charge in [0, 0.05) is 13.2 Å². The zero-order valence-corrected chi connectivity index (χ0v) is 9.42. The normalized spacial score (nSPS) is 36.2. The third-order valence-electron chi connectivity index (χ3n) is 3.37. The monoisotopic (exact) mass is 185 g/mol. The van der Waals surface area contributed by atoms with E-state index in [-0.39, 0.29) is 0 Å². The second-order valence-electron chi connectivity index (χ2n) is 4.54. The second-order valence-corrected chi connectivity index (χ2v) is 4.54. The fourth-order valence-electron chi connectivity index (χ4n) is 2.28. The van der Waals surface area contributed by atoms with E-state index in [1.807, 2.05) is 7.11 Å². The van der Waals surface area contributed by atoms with Gasteiger partial charge in [-0.25, -0.2) is 0 Å². The minimum Gasteiger partial charge on any atom is -0.381 e. The second kappa shape index (κ2) is 4.97. The molecule has 1 aliphatic rings. The van der Waals surface area contributed by atoms with Crippen LogP contribution in [0.4, 0.5) is 0 Å². The van der Waals surface area contributed by atoms with Crippen molar-refractivity contribution >= 4 is 0 Å². The van der Waals surface area contributed by atoms with Crippen molar-refractivity contribution in [2.75, 3.05) is 21.2 Å². The van der Waals surface area contributed by atoms with Crippen molar-refractivity contribution in [1.29, 1.82) is 0 Å². The summed E-state index contributed by atoms with van der Waals surface area (Å²) in [5, 5.41) is 0. The highest BCUT2D eigenvalue weighted by Crippen LogP contribution is 2.26. The first-order valence-corrected chi connectivity index (χ1v) is 5.34. The van der Waals surface area contributed by atoms with Crippen molar-refractivity contribution in [1.82, 2.24) is 4.90 Å². The van der Waals surface area contributed by atoms with E-state index in [0.29, 0.717) is 6.10 Å². The van der Waals surface area contributed by atoms with Crippen molar-refractivity contribution in [2.45, 2.75) is 44.8 Å². The van der Waals surface area contributed by atoms with Gasteiger partial charge in [-0.1, -0.05) is 13.3 Å². The summed E-state index contributed by atoms with van der Waals surface area (Å²) in [4.78, 5) is 2.34. The van der Waals surface area contributed by atoms with E-state index >= 15 is 0 Å². The van der Waals surface area contributed by atoms with Crippen LogP contribution in [-0.2, 0) is 4.74 Å². The van der Waals surface area contributed by atoms with E-state index in [1.54, 1.807) is 0 Å². The smallest absolute Gasteiger partial charge is 0.0611 e. The number of nitrogens with zero attached hydrogens (tertiary/aromatic N) is 1. The summed E-state index contributed by atoms with van der Waals surface area (Å²) in [5.41, 5.74) is 0. The van der Waals surface area contributed by atoms with E-state index in [9.17, 15) is 0 Å². The van der Waals surface area contributed by atoms with E-state index in [0.717, 1.165) is 12.0 Å². The minimum absolute atomic E-state index is 0.468. The van der Waals surface area contributed by atoms with E-state index in [4.69, 9.17) is 4.74 Å². The van der Waals surface area contributed by atoms with E-state index in [2.05, 4.69) is 25.9 Å². The summed E-state index contributed by atoms with van der Waals surface area (Å²) in [6.45, 7) is 2.31. The van der Waals surface area contributed by atoms with Gasteiger partial charge in [-0.05, 0) is 39.3 Å². The van der Waals surface area contributed by atoms with Gasteiger partial charge >= 0.3 is 0 Å². The molecule has 1 aliphatic carbocycles. The summed E-state index contributed by atoms with van der Waals surface area (Å²) in [6, 6.07) is 0.718. The Balaban J connectivity index is 2.53. The summed E-state index contributed by atoms with van der Waals surface area (Å²) < 4.78 is 5.54. The largest absolute Gasteiger partial charge is 0.381 e. The molecule has 0 heterocycles. The predicted molar refractivity (Wildman–Crippen MR) is 55.9 cm³/mol. The molecule has 0 radical (unpaired) electrons. The van der Waals surface area contributed by atoms with Crippen LogP contribution < -0.4 is 0 Å². The molecule has 13 heavy (non-hydrogen) atoms. The van der Waals surface area contributed by atoms with Gasteiger partial charge in [0.2, 0.25) is 0 Å². The molecule has 0 saturated heterocycles. The van der Waals surface area contributed by atoms with Crippen LogP contribution in [0, 0.1) is 5.92 Å². The van der Waals surface area contributed by atoms with Crippen molar-refractivity contribution in [3.8, 4) is 0 Å². The summed E-state index contributed by atoms with van der Waals surface area (Å²) >= 11 is 0. The first-order chi connectivity index (χ1) is 6.15. The van der Waals surface area contributed by atoms with E-state index < -0.39 is 0 Å². The van der Waals surface area contributed by atoms with Crippen molar-refractivity contribution in [2.24, 2.45) is 5.92 Å². The Morgan fingerprint density at radius 3 is 2.46 bits per heavy atom. The van der Waals surface area contributed by atoms with Crippen molar-refractivity contribution < 1.29 is 4.74 Å². The third kappa shape index (κ3) is 2.96. The molecule has 1 rings (SSSR count). The molecule has 0 bridgehead atoms. The highest BCUT2D eigenvalue weighted by molar-refractivity contribution is 4.79. The maximum Gasteiger partial charge on any atom is 0.0611 e. The van der Waals surface area contributed by atoms with Crippen LogP contribution in [-0.4, -0.2) is 38.3 Å². The summed E-state index contributed by atoms with van der Waals surface area (Å²) in [6.07, 6.45) is 5.67. The molecule has 0 aromatic heterocycles. The van der Waals surface area contributed by atoms with E-state index in [1.165, 1.54) is 25.7 Å². The first-order valence-electron chi connectivity index (χ1n) is 5.34. The van der Waals surface area contributed by atoms with Gasteiger partial charge in [-0.3, -0.25) is 0 Å². The van der Waals surface area contributed by atoms with Crippen LogP contribution in [0.3, 0.4) is 0 Å². The van der Waals surface area contributed by atoms with Crippen LogP contribution in [0.1, 0.15) is 32.6 Å². The molecule has 2 heteroatoms. The highest BCUT2D eigenvalue weighted by Gasteiger charge is 2.26. The van der Waals surface area contributed by atoms with Crippen molar-refractivity contribution in [3.63, 3.8) is 0 Å². The van der Waals surface area contributed by atoms with Crippen LogP contribution in [0.25, 0.3) is 0 Å². The molecular weight excluding hydrogens is 162 g/mol. The van der Waals surface area contributed by atoms with Crippen LogP contribution in [0.5, 0.6) is 0 Å². The average molecular weight is 185 g/mol. The third-order valence-corrected chi connectivity index (χ3v) is 3.37. The van der Waals surface area contributed by atoms with Crippen molar-refractivity contribution in [3.05, 3.63) is 0 Å². The maximum absolute atomic E-state index is 5.54. The standard InChI is InChI=1S/C11H23NO/c1-9-6-5-7-10(12(2)3)8-11(9)13-4/h9-11H,5-8H2,1-4H3/t9?,10?,11-/m1/s1. The van der Waals surface area contributed by atoms with Crippen LogP contribution in [0.15, 0.2) is 0 Å². The highest BCUT2D eigenvalue weighted by atomic mass is 16.5. The fourth-order valence-corrected chi connectivity index (χ4v) is 2.28. The molecule has 0 spiro atoms. The van der Waals surface area contributed by atoms with Crippen LogP contribution >= 0.6 is 0 Å². The average Bonchev–Trinajstić information content (AvgIpc) is 2.27. The quantitative estimate of drug-likeness (QED) is 0.611. The lowest BCUT2D eigenvalue weighted by molar-refractivity contribution is 0.0395. The van der Waals surface area contributed by atoms with Gasteiger partial charge in [0.15, 0.2) is 0 Å². The molecular formula is C11H23NO. The maximum atomic E-state index is 5.54. The first kappa shape index (κ1) is 11.0.